The average molecular weight is 290 g/mol. The van der Waals surface area contributed by atoms with E-state index in [-0.39, 0.29) is 0 Å². The highest BCUT2D eigenvalue weighted by Gasteiger charge is 1.98. The Morgan fingerprint density at radius 3 is 2.81 bits per heavy atom. The third-order valence-electron chi connectivity index (χ3n) is 2.13. The van der Waals surface area contributed by atoms with Crippen LogP contribution in [0.2, 0.25) is 0 Å². The lowest BCUT2D eigenvalue weighted by molar-refractivity contribution is 0.0760. The Morgan fingerprint density at radius 1 is 1.38 bits per heavy atom. The topological polar surface area (TPSA) is 34.4 Å². The van der Waals surface area contributed by atoms with Crippen molar-refractivity contribution in [2.75, 3.05) is 13.2 Å². The Hall–Kier alpha value is -0.320. The molecule has 0 aliphatic rings. The SMILES string of the molecule is CC(C)OCCCCNCc1ccc(Br)o1. The molecule has 1 heterocycles. The van der Waals surface area contributed by atoms with Gasteiger partial charge in [-0.3, -0.25) is 0 Å². The van der Waals surface area contributed by atoms with Crippen LogP contribution < -0.4 is 5.32 Å². The number of hydrogen-bond donors (Lipinski definition) is 1. The number of ether oxygens (including phenoxy) is 1. The largest absolute Gasteiger partial charge is 0.453 e. The van der Waals surface area contributed by atoms with Gasteiger partial charge in [0.05, 0.1) is 12.6 Å². The van der Waals surface area contributed by atoms with Gasteiger partial charge in [-0.05, 0) is 61.3 Å². The van der Waals surface area contributed by atoms with Crippen molar-refractivity contribution in [2.45, 2.75) is 39.3 Å². The van der Waals surface area contributed by atoms with Gasteiger partial charge < -0.3 is 14.5 Å². The first-order chi connectivity index (χ1) is 7.68. The molecule has 4 heteroatoms. The van der Waals surface area contributed by atoms with E-state index in [0.29, 0.717) is 6.10 Å². The predicted octanol–water partition coefficient (Wildman–Crippen LogP) is 3.34. The van der Waals surface area contributed by atoms with Crippen molar-refractivity contribution in [3.8, 4) is 0 Å². The molecule has 1 aromatic rings. The van der Waals surface area contributed by atoms with Crippen LogP contribution in [0.4, 0.5) is 0 Å². The second kappa shape index (κ2) is 7.87. The molecule has 0 amide bonds. The molecule has 0 radical (unpaired) electrons. The minimum atomic E-state index is 0.341. The van der Waals surface area contributed by atoms with Gasteiger partial charge in [0.1, 0.15) is 5.76 Å². The molecule has 16 heavy (non-hydrogen) atoms. The van der Waals surface area contributed by atoms with Crippen LogP contribution in [-0.2, 0) is 11.3 Å². The average Bonchev–Trinajstić information content (AvgIpc) is 2.62. The zero-order chi connectivity index (χ0) is 11.8. The van der Waals surface area contributed by atoms with Gasteiger partial charge in [-0.15, -0.1) is 0 Å². The Morgan fingerprint density at radius 2 is 2.19 bits per heavy atom. The molecule has 0 fully saturated rings. The Kier molecular flexibility index (Phi) is 6.76. The van der Waals surface area contributed by atoms with E-state index in [1.165, 1.54) is 0 Å². The van der Waals surface area contributed by atoms with E-state index in [9.17, 15) is 0 Å². The summed E-state index contributed by atoms with van der Waals surface area (Å²) in [5, 5.41) is 3.33. The van der Waals surface area contributed by atoms with Crippen molar-refractivity contribution in [3.05, 3.63) is 22.6 Å². The van der Waals surface area contributed by atoms with Crippen LogP contribution in [0, 0.1) is 0 Å². The van der Waals surface area contributed by atoms with Gasteiger partial charge in [-0.1, -0.05) is 0 Å². The number of halogens is 1. The monoisotopic (exact) mass is 289 g/mol. The highest BCUT2D eigenvalue weighted by atomic mass is 79.9. The predicted molar refractivity (Wildman–Crippen MR) is 68.4 cm³/mol. The molecule has 0 aliphatic carbocycles. The van der Waals surface area contributed by atoms with E-state index in [2.05, 4.69) is 35.1 Å². The molecule has 0 spiro atoms. The van der Waals surface area contributed by atoms with Crippen molar-refractivity contribution >= 4 is 15.9 Å². The Labute approximate surface area is 106 Å². The Balaban J connectivity index is 1.92. The van der Waals surface area contributed by atoms with Gasteiger partial charge in [0.2, 0.25) is 0 Å². The summed E-state index contributed by atoms with van der Waals surface area (Å²) in [6.45, 7) is 6.77. The standard InChI is InChI=1S/C12H20BrNO2/c1-10(2)15-8-4-3-7-14-9-11-5-6-12(13)16-11/h5-6,10,14H,3-4,7-9H2,1-2H3. The smallest absolute Gasteiger partial charge is 0.169 e. The third-order valence-corrected chi connectivity index (χ3v) is 2.55. The van der Waals surface area contributed by atoms with Crippen molar-refractivity contribution < 1.29 is 9.15 Å². The molecule has 0 atom stereocenters. The van der Waals surface area contributed by atoms with Crippen molar-refractivity contribution in [3.63, 3.8) is 0 Å². The molecule has 92 valence electrons. The van der Waals surface area contributed by atoms with Crippen LogP contribution in [0.5, 0.6) is 0 Å². The molecule has 0 unspecified atom stereocenters. The maximum atomic E-state index is 5.46. The molecule has 1 rings (SSSR count). The minimum Gasteiger partial charge on any atom is -0.453 e. The minimum absolute atomic E-state index is 0.341. The fourth-order valence-electron chi connectivity index (χ4n) is 1.33. The van der Waals surface area contributed by atoms with Crippen molar-refractivity contribution in [2.24, 2.45) is 0 Å². The van der Waals surface area contributed by atoms with Crippen molar-refractivity contribution in [1.82, 2.24) is 5.32 Å². The summed E-state index contributed by atoms with van der Waals surface area (Å²) < 4.78 is 11.6. The first-order valence-electron chi connectivity index (χ1n) is 5.75. The fraction of sp³-hybridized carbons (Fsp3) is 0.667. The number of nitrogens with one attached hydrogen (secondary N) is 1. The van der Waals surface area contributed by atoms with Crippen LogP contribution in [-0.4, -0.2) is 19.3 Å². The zero-order valence-electron chi connectivity index (χ0n) is 9.96. The van der Waals surface area contributed by atoms with Gasteiger partial charge in [0.25, 0.3) is 0 Å². The molecule has 0 aliphatic heterocycles. The van der Waals surface area contributed by atoms with Gasteiger partial charge in [0, 0.05) is 6.61 Å². The highest BCUT2D eigenvalue weighted by Crippen LogP contribution is 2.13. The van der Waals surface area contributed by atoms with Crippen LogP contribution in [0.3, 0.4) is 0 Å². The van der Waals surface area contributed by atoms with Crippen LogP contribution in [0.15, 0.2) is 21.2 Å². The summed E-state index contributed by atoms with van der Waals surface area (Å²) in [5.41, 5.74) is 0. The van der Waals surface area contributed by atoms with E-state index in [0.717, 1.165) is 43.0 Å². The van der Waals surface area contributed by atoms with E-state index < -0.39 is 0 Å². The zero-order valence-corrected chi connectivity index (χ0v) is 11.5. The lowest BCUT2D eigenvalue weighted by atomic mass is 10.3. The second-order valence-electron chi connectivity index (χ2n) is 4.01. The first kappa shape index (κ1) is 13.7. The normalized spacial score (nSPS) is 11.2. The number of hydrogen-bond acceptors (Lipinski definition) is 3. The maximum Gasteiger partial charge on any atom is 0.169 e. The van der Waals surface area contributed by atoms with E-state index in [1.807, 2.05) is 12.1 Å². The number of furan rings is 1. The summed E-state index contributed by atoms with van der Waals surface area (Å²) in [4.78, 5) is 0. The van der Waals surface area contributed by atoms with Crippen LogP contribution >= 0.6 is 15.9 Å². The van der Waals surface area contributed by atoms with Crippen LogP contribution in [0.1, 0.15) is 32.4 Å². The second-order valence-corrected chi connectivity index (χ2v) is 4.79. The number of rotatable bonds is 8. The molecule has 0 aromatic carbocycles. The molecule has 0 saturated carbocycles. The van der Waals surface area contributed by atoms with E-state index in [4.69, 9.17) is 9.15 Å². The van der Waals surface area contributed by atoms with Gasteiger partial charge in [0.15, 0.2) is 4.67 Å². The van der Waals surface area contributed by atoms with Gasteiger partial charge in [-0.25, -0.2) is 0 Å². The third kappa shape index (κ3) is 6.30. The van der Waals surface area contributed by atoms with E-state index in [1.54, 1.807) is 0 Å². The summed E-state index contributed by atoms with van der Waals surface area (Å²) in [5.74, 6) is 0.963. The quantitative estimate of drug-likeness (QED) is 0.746. The molecular weight excluding hydrogens is 270 g/mol. The van der Waals surface area contributed by atoms with Crippen LogP contribution in [0.25, 0.3) is 0 Å². The maximum absolute atomic E-state index is 5.46. The molecule has 0 saturated heterocycles. The fourth-order valence-corrected chi connectivity index (χ4v) is 1.67. The lowest BCUT2D eigenvalue weighted by Gasteiger charge is -2.07. The number of unbranched alkanes of at least 4 members (excludes halogenated alkanes) is 1. The molecule has 3 nitrogen and oxygen atoms in total. The lowest BCUT2D eigenvalue weighted by Crippen LogP contribution is -2.15. The molecule has 1 N–H and O–H groups in total. The van der Waals surface area contributed by atoms with Gasteiger partial charge >= 0.3 is 0 Å². The summed E-state index contributed by atoms with van der Waals surface area (Å²) in [6.07, 6.45) is 2.58. The summed E-state index contributed by atoms with van der Waals surface area (Å²) >= 11 is 3.28. The molecule has 0 bridgehead atoms. The first-order valence-corrected chi connectivity index (χ1v) is 6.54. The highest BCUT2D eigenvalue weighted by molar-refractivity contribution is 9.10. The van der Waals surface area contributed by atoms with Crippen molar-refractivity contribution in [1.29, 1.82) is 0 Å². The molecule has 1 aromatic heterocycles. The summed E-state index contributed by atoms with van der Waals surface area (Å²) in [7, 11) is 0. The Bertz CT molecular complexity index is 286. The molecular formula is C12H20BrNO2. The summed E-state index contributed by atoms with van der Waals surface area (Å²) in [6, 6.07) is 3.88. The van der Waals surface area contributed by atoms with E-state index >= 15 is 0 Å². The van der Waals surface area contributed by atoms with Gasteiger partial charge in [-0.2, -0.15) is 0 Å².